The summed E-state index contributed by atoms with van der Waals surface area (Å²) in [4.78, 5) is 11.2. The first kappa shape index (κ1) is 12.2. The maximum atomic E-state index is 11.2. The SMILES string of the molecule is C=C(C)C(=O)OC1CO[C@H](CCOC)C1. The van der Waals surface area contributed by atoms with Crippen LogP contribution in [0.4, 0.5) is 0 Å². The number of esters is 1. The van der Waals surface area contributed by atoms with Gasteiger partial charge >= 0.3 is 5.97 Å². The summed E-state index contributed by atoms with van der Waals surface area (Å²) in [5.74, 6) is -0.337. The van der Waals surface area contributed by atoms with Crippen LogP contribution in [0.25, 0.3) is 0 Å². The molecule has 0 radical (unpaired) electrons. The number of hydrogen-bond donors (Lipinski definition) is 0. The number of carbonyl (C=O) groups excluding carboxylic acids is 1. The van der Waals surface area contributed by atoms with Crippen molar-refractivity contribution in [1.82, 2.24) is 0 Å². The Kier molecular flexibility index (Phi) is 4.78. The van der Waals surface area contributed by atoms with Crippen LogP contribution >= 0.6 is 0 Å². The summed E-state index contributed by atoms with van der Waals surface area (Å²) in [5, 5.41) is 0. The molecule has 0 amide bonds. The molecule has 0 aromatic carbocycles. The molecule has 15 heavy (non-hydrogen) atoms. The van der Waals surface area contributed by atoms with E-state index in [4.69, 9.17) is 14.2 Å². The van der Waals surface area contributed by atoms with Gasteiger partial charge in [0.15, 0.2) is 0 Å². The van der Waals surface area contributed by atoms with Crippen LogP contribution in [0, 0.1) is 0 Å². The first-order valence-corrected chi connectivity index (χ1v) is 5.10. The van der Waals surface area contributed by atoms with Gasteiger partial charge in [-0.25, -0.2) is 4.79 Å². The molecule has 0 saturated carbocycles. The van der Waals surface area contributed by atoms with Gasteiger partial charge < -0.3 is 14.2 Å². The van der Waals surface area contributed by atoms with Gasteiger partial charge in [-0.1, -0.05) is 6.58 Å². The second-order valence-corrected chi connectivity index (χ2v) is 3.78. The minimum atomic E-state index is -0.337. The lowest BCUT2D eigenvalue weighted by atomic mass is 10.1. The van der Waals surface area contributed by atoms with Crippen LogP contribution in [-0.4, -0.2) is 38.5 Å². The third-order valence-electron chi connectivity index (χ3n) is 2.31. The van der Waals surface area contributed by atoms with E-state index in [1.165, 1.54) is 0 Å². The van der Waals surface area contributed by atoms with E-state index in [1.54, 1.807) is 14.0 Å². The van der Waals surface area contributed by atoms with Crippen molar-refractivity contribution in [3.63, 3.8) is 0 Å². The first-order chi connectivity index (χ1) is 7.13. The van der Waals surface area contributed by atoms with E-state index in [0.29, 0.717) is 18.8 Å². The Bertz CT molecular complexity index is 237. The fourth-order valence-electron chi connectivity index (χ4n) is 1.46. The molecule has 1 saturated heterocycles. The Balaban J connectivity index is 2.24. The summed E-state index contributed by atoms with van der Waals surface area (Å²) in [6, 6.07) is 0. The second kappa shape index (κ2) is 5.88. The van der Waals surface area contributed by atoms with E-state index >= 15 is 0 Å². The van der Waals surface area contributed by atoms with Crippen molar-refractivity contribution in [2.75, 3.05) is 20.3 Å². The molecule has 86 valence electrons. The molecule has 1 rings (SSSR count). The highest BCUT2D eigenvalue weighted by atomic mass is 16.6. The fraction of sp³-hybridized carbons (Fsp3) is 0.727. The molecule has 4 nitrogen and oxygen atoms in total. The van der Waals surface area contributed by atoms with Gasteiger partial charge in [0.1, 0.15) is 6.10 Å². The van der Waals surface area contributed by atoms with Crippen LogP contribution < -0.4 is 0 Å². The molecule has 1 fully saturated rings. The number of carbonyl (C=O) groups is 1. The predicted molar refractivity (Wildman–Crippen MR) is 55.5 cm³/mol. The Hall–Kier alpha value is -0.870. The Morgan fingerprint density at radius 3 is 2.93 bits per heavy atom. The van der Waals surface area contributed by atoms with Crippen LogP contribution in [0.15, 0.2) is 12.2 Å². The van der Waals surface area contributed by atoms with Crippen LogP contribution in [0.3, 0.4) is 0 Å². The Morgan fingerprint density at radius 2 is 2.33 bits per heavy atom. The molecule has 0 aromatic heterocycles. The van der Waals surface area contributed by atoms with Crippen molar-refractivity contribution in [1.29, 1.82) is 0 Å². The summed E-state index contributed by atoms with van der Waals surface area (Å²) in [6.07, 6.45) is 1.61. The van der Waals surface area contributed by atoms with Crippen LogP contribution in [0.5, 0.6) is 0 Å². The topological polar surface area (TPSA) is 44.8 Å². The van der Waals surface area contributed by atoms with Gasteiger partial charge in [0.2, 0.25) is 0 Å². The first-order valence-electron chi connectivity index (χ1n) is 5.10. The fourth-order valence-corrected chi connectivity index (χ4v) is 1.46. The van der Waals surface area contributed by atoms with Gasteiger partial charge in [-0.15, -0.1) is 0 Å². The minimum Gasteiger partial charge on any atom is -0.456 e. The zero-order chi connectivity index (χ0) is 11.3. The molecule has 1 unspecified atom stereocenters. The smallest absolute Gasteiger partial charge is 0.333 e. The van der Waals surface area contributed by atoms with Crippen molar-refractivity contribution in [2.24, 2.45) is 0 Å². The molecule has 1 aliphatic rings. The number of hydrogen-bond acceptors (Lipinski definition) is 4. The molecular weight excluding hydrogens is 196 g/mol. The number of ether oxygens (including phenoxy) is 3. The maximum Gasteiger partial charge on any atom is 0.333 e. The zero-order valence-electron chi connectivity index (χ0n) is 9.32. The standard InChI is InChI=1S/C11H18O4/c1-8(2)11(12)15-10-6-9(14-7-10)4-5-13-3/h9-10H,1,4-7H2,2-3H3/t9-,10?/m1/s1. The predicted octanol–water partition coefficient (Wildman–Crippen LogP) is 1.30. The Labute approximate surface area is 90.2 Å². The van der Waals surface area contributed by atoms with E-state index in [0.717, 1.165) is 12.8 Å². The third-order valence-corrected chi connectivity index (χ3v) is 2.31. The van der Waals surface area contributed by atoms with Crippen LogP contribution in [0.2, 0.25) is 0 Å². The molecule has 1 aliphatic heterocycles. The van der Waals surface area contributed by atoms with E-state index in [9.17, 15) is 4.79 Å². The van der Waals surface area contributed by atoms with Gasteiger partial charge in [0.05, 0.1) is 12.7 Å². The van der Waals surface area contributed by atoms with Crippen molar-refractivity contribution in [2.45, 2.75) is 32.0 Å². The summed E-state index contributed by atoms with van der Waals surface area (Å²) in [7, 11) is 1.66. The van der Waals surface area contributed by atoms with Gasteiger partial charge in [-0.2, -0.15) is 0 Å². The lowest BCUT2D eigenvalue weighted by Crippen LogP contribution is -2.18. The summed E-state index contributed by atoms with van der Waals surface area (Å²) in [6.45, 7) is 6.32. The van der Waals surface area contributed by atoms with Crippen molar-refractivity contribution in [3.8, 4) is 0 Å². The molecular formula is C11H18O4. The largest absolute Gasteiger partial charge is 0.456 e. The molecule has 0 spiro atoms. The van der Waals surface area contributed by atoms with E-state index < -0.39 is 0 Å². The zero-order valence-corrected chi connectivity index (χ0v) is 9.32. The van der Waals surface area contributed by atoms with Crippen LogP contribution in [0.1, 0.15) is 19.8 Å². The highest BCUT2D eigenvalue weighted by Crippen LogP contribution is 2.19. The highest BCUT2D eigenvalue weighted by Gasteiger charge is 2.28. The monoisotopic (exact) mass is 214 g/mol. The molecule has 2 atom stereocenters. The molecule has 0 N–H and O–H groups in total. The minimum absolute atomic E-state index is 0.129. The lowest BCUT2D eigenvalue weighted by molar-refractivity contribution is -0.144. The third kappa shape index (κ3) is 4.01. The lowest BCUT2D eigenvalue weighted by Gasteiger charge is -2.10. The number of methoxy groups -OCH3 is 1. The van der Waals surface area contributed by atoms with Crippen molar-refractivity contribution in [3.05, 3.63) is 12.2 Å². The quantitative estimate of drug-likeness (QED) is 0.511. The number of rotatable bonds is 5. The van der Waals surface area contributed by atoms with Crippen LogP contribution in [-0.2, 0) is 19.0 Å². The molecule has 4 heteroatoms. The van der Waals surface area contributed by atoms with Gasteiger partial charge in [-0.3, -0.25) is 0 Å². The average Bonchev–Trinajstić information content (AvgIpc) is 2.62. The van der Waals surface area contributed by atoms with Gasteiger partial charge in [0, 0.05) is 25.7 Å². The van der Waals surface area contributed by atoms with E-state index in [2.05, 4.69) is 6.58 Å². The average molecular weight is 214 g/mol. The van der Waals surface area contributed by atoms with Crippen molar-refractivity contribution < 1.29 is 19.0 Å². The molecule has 0 aromatic rings. The molecule has 0 aliphatic carbocycles. The van der Waals surface area contributed by atoms with Gasteiger partial charge in [-0.05, 0) is 13.3 Å². The summed E-state index contributed by atoms with van der Waals surface area (Å²) in [5.41, 5.74) is 0.426. The van der Waals surface area contributed by atoms with Crippen molar-refractivity contribution >= 4 is 5.97 Å². The van der Waals surface area contributed by atoms with E-state index in [-0.39, 0.29) is 18.2 Å². The maximum absolute atomic E-state index is 11.2. The normalized spacial score (nSPS) is 25.2. The van der Waals surface area contributed by atoms with Gasteiger partial charge in [0.25, 0.3) is 0 Å². The Morgan fingerprint density at radius 1 is 1.60 bits per heavy atom. The molecule has 1 heterocycles. The van der Waals surface area contributed by atoms with E-state index in [1.807, 2.05) is 0 Å². The summed E-state index contributed by atoms with van der Waals surface area (Å²) < 4.78 is 15.6. The summed E-state index contributed by atoms with van der Waals surface area (Å²) >= 11 is 0. The second-order valence-electron chi connectivity index (χ2n) is 3.78. The molecule has 0 bridgehead atoms. The highest BCUT2D eigenvalue weighted by molar-refractivity contribution is 5.87.